The summed E-state index contributed by atoms with van der Waals surface area (Å²) in [6.45, 7) is 0.507. The van der Waals surface area contributed by atoms with Gasteiger partial charge in [-0.05, 0) is 23.3 Å². The summed E-state index contributed by atoms with van der Waals surface area (Å²) in [6.07, 6.45) is 2.06. The van der Waals surface area contributed by atoms with Crippen molar-refractivity contribution in [3.05, 3.63) is 59.8 Å². The predicted octanol–water partition coefficient (Wildman–Crippen LogP) is 3.85. The molecule has 4 aromatic rings. The number of fused-ring (bicyclic) bond motifs is 3. The van der Waals surface area contributed by atoms with Gasteiger partial charge in [-0.25, -0.2) is 4.98 Å². The van der Waals surface area contributed by atoms with Gasteiger partial charge in [0.1, 0.15) is 0 Å². The molecular weight excluding hydrogens is 308 g/mol. The van der Waals surface area contributed by atoms with E-state index in [4.69, 9.17) is 9.72 Å². The summed E-state index contributed by atoms with van der Waals surface area (Å²) in [4.78, 5) is 5.69. The third-order valence-corrected chi connectivity index (χ3v) is 4.97. The number of hydrogen-bond acceptors (Lipinski definition) is 4. The summed E-state index contributed by atoms with van der Waals surface area (Å²) in [5.74, 6) is 0. The van der Waals surface area contributed by atoms with E-state index in [9.17, 15) is 5.11 Å². The second-order valence-electron chi connectivity index (χ2n) is 5.43. The molecule has 0 aliphatic rings. The van der Waals surface area contributed by atoms with Crippen molar-refractivity contribution in [3.63, 3.8) is 0 Å². The Morgan fingerprint density at radius 1 is 1.17 bits per heavy atom. The molecule has 0 saturated heterocycles. The number of hydrogen-bond donors (Lipinski definition) is 1. The summed E-state index contributed by atoms with van der Waals surface area (Å²) in [7, 11) is 1.67. The van der Waals surface area contributed by atoms with Crippen LogP contribution in [0.3, 0.4) is 0 Å². The minimum absolute atomic E-state index is 0.00616. The fourth-order valence-corrected chi connectivity index (χ4v) is 3.87. The molecule has 23 heavy (non-hydrogen) atoms. The van der Waals surface area contributed by atoms with Crippen LogP contribution in [0.5, 0.6) is 0 Å². The van der Waals surface area contributed by atoms with Crippen LogP contribution < -0.4 is 0 Å². The van der Waals surface area contributed by atoms with Gasteiger partial charge in [0.05, 0.1) is 29.1 Å². The Morgan fingerprint density at radius 2 is 2.00 bits per heavy atom. The summed E-state index contributed by atoms with van der Waals surface area (Å²) >= 11 is 1.65. The van der Waals surface area contributed by atoms with E-state index < -0.39 is 0 Å². The molecule has 0 amide bonds. The van der Waals surface area contributed by atoms with Crippen LogP contribution in [0.15, 0.2) is 48.7 Å². The maximum Gasteiger partial charge on any atom is 0.195 e. The molecule has 5 heteroatoms. The van der Waals surface area contributed by atoms with E-state index >= 15 is 0 Å². The Morgan fingerprint density at radius 3 is 2.74 bits per heavy atom. The second-order valence-corrected chi connectivity index (χ2v) is 6.44. The fourth-order valence-electron chi connectivity index (χ4n) is 2.82. The number of imidazole rings is 1. The summed E-state index contributed by atoms with van der Waals surface area (Å²) in [6, 6.07) is 14.3. The first-order valence-electron chi connectivity index (χ1n) is 7.39. The van der Waals surface area contributed by atoms with Crippen LogP contribution in [0.25, 0.3) is 26.4 Å². The van der Waals surface area contributed by atoms with Crippen molar-refractivity contribution < 1.29 is 9.84 Å². The van der Waals surface area contributed by atoms with Gasteiger partial charge < -0.3 is 9.84 Å². The van der Waals surface area contributed by atoms with Gasteiger partial charge in [-0.15, -0.1) is 0 Å². The van der Waals surface area contributed by atoms with E-state index in [1.165, 1.54) is 0 Å². The minimum atomic E-state index is 0.00616. The first-order chi connectivity index (χ1) is 11.3. The molecule has 0 bridgehead atoms. The number of rotatable bonds is 4. The minimum Gasteiger partial charge on any atom is -0.392 e. The molecule has 0 radical (unpaired) electrons. The summed E-state index contributed by atoms with van der Waals surface area (Å²) < 4.78 is 8.47. The normalized spacial score (nSPS) is 11.6. The molecule has 0 aliphatic carbocycles. The van der Waals surface area contributed by atoms with Gasteiger partial charge in [-0.2, -0.15) is 0 Å². The van der Waals surface area contributed by atoms with Gasteiger partial charge in [-0.1, -0.05) is 41.7 Å². The highest BCUT2D eigenvalue weighted by Crippen LogP contribution is 2.31. The molecule has 0 fully saturated rings. The highest BCUT2D eigenvalue weighted by molar-refractivity contribution is 7.23. The Bertz CT molecular complexity index is 973. The van der Waals surface area contributed by atoms with Gasteiger partial charge in [-0.3, -0.25) is 4.40 Å². The van der Waals surface area contributed by atoms with E-state index in [1.807, 2.05) is 24.3 Å². The number of ether oxygens (including phenoxy) is 1. The van der Waals surface area contributed by atoms with Crippen LogP contribution in [-0.2, 0) is 18.0 Å². The molecule has 0 unspecified atom stereocenters. The van der Waals surface area contributed by atoms with Crippen molar-refractivity contribution in [1.82, 2.24) is 9.38 Å². The molecule has 0 saturated carbocycles. The molecule has 0 spiro atoms. The highest BCUT2D eigenvalue weighted by atomic mass is 32.1. The van der Waals surface area contributed by atoms with Gasteiger partial charge >= 0.3 is 0 Å². The first kappa shape index (κ1) is 14.4. The number of nitrogens with zero attached hydrogens (tertiary/aromatic N) is 2. The maximum absolute atomic E-state index is 9.62. The molecule has 2 aromatic heterocycles. The van der Waals surface area contributed by atoms with E-state index in [0.717, 1.165) is 37.6 Å². The van der Waals surface area contributed by atoms with E-state index in [2.05, 4.69) is 28.8 Å². The average Bonchev–Trinajstić information content (AvgIpc) is 3.13. The molecule has 4 rings (SSSR count). The van der Waals surface area contributed by atoms with Crippen LogP contribution in [0, 0.1) is 0 Å². The lowest BCUT2D eigenvalue weighted by Gasteiger charge is -2.06. The SMILES string of the molecule is COCc1cc2sc3nc(-c4ccccc4)cn3c2cc1CO. The molecule has 2 heterocycles. The predicted molar refractivity (Wildman–Crippen MR) is 92.6 cm³/mol. The van der Waals surface area contributed by atoms with Crippen LogP contribution in [0.1, 0.15) is 11.1 Å². The fraction of sp³-hybridized carbons (Fsp3) is 0.167. The smallest absolute Gasteiger partial charge is 0.195 e. The topological polar surface area (TPSA) is 46.8 Å². The summed E-state index contributed by atoms with van der Waals surface area (Å²) in [5.41, 5.74) is 5.06. The Balaban J connectivity index is 1.90. The van der Waals surface area contributed by atoms with Crippen LogP contribution in [-0.4, -0.2) is 21.6 Å². The molecule has 4 nitrogen and oxygen atoms in total. The van der Waals surface area contributed by atoms with Crippen molar-refractivity contribution in [1.29, 1.82) is 0 Å². The number of aromatic nitrogens is 2. The lowest BCUT2D eigenvalue weighted by Crippen LogP contribution is -1.96. The molecule has 0 atom stereocenters. The highest BCUT2D eigenvalue weighted by Gasteiger charge is 2.13. The zero-order chi connectivity index (χ0) is 15.8. The van der Waals surface area contributed by atoms with E-state index in [0.29, 0.717) is 6.61 Å². The zero-order valence-electron chi connectivity index (χ0n) is 12.7. The summed E-state index contributed by atoms with van der Waals surface area (Å²) in [5, 5.41) is 9.62. The Labute approximate surface area is 137 Å². The second kappa shape index (κ2) is 5.77. The molecule has 116 valence electrons. The van der Waals surface area contributed by atoms with Gasteiger partial charge in [0.2, 0.25) is 0 Å². The largest absolute Gasteiger partial charge is 0.392 e. The lowest BCUT2D eigenvalue weighted by atomic mass is 10.1. The standard InChI is InChI=1S/C18H16N2O2S/c1-22-11-14-8-17-16(7-13(14)10-21)20-9-15(19-18(20)23-17)12-5-3-2-4-6-12/h2-9,21H,10-11H2,1H3. The van der Waals surface area contributed by atoms with Crippen molar-refractivity contribution in [2.75, 3.05) is 7.11 Å². The van der Waals surface area contributed by atoms with Crippen LogP contribution in [0.4, 0.5) is 0 Å². The third kappa shape index (κ3) is 2.43. The number of benzene rings is 2. The quantitative estimate of drug-likeness (QED) is 0.620. The molecular formula is C18H16N2O2S. The average molecular weight is 324 g/mol. The zero-order valence-corrected chi connectivity index (χ0v) is 13.5. The Kier molecular flexibility index (Phi) is 3.61. The number of methoxy groups -OCH3 is 1. The van der Waals surface area contributed by atoms with Crippen molar-refractivity contribution in [2.45, 2.75) is 13.2 Å². The maximum atomic E-state index is 9.62. The molecule has 1 N–H and O–H groups in total. The number of aliphatic hydroxyl groups excluding tert-OH is 1. The number of thiazole rings is 1. The van der Waals surface area contributed by atoms with E-state index in [1.54, 1.807) is 18.4 Å². The number of aliphatic hydroxyl groups is 1. The van der Waals surface area contributed by atoms with Gasteiger partial charge in [0.15, 0.2) is 4.96 Å². The third-order valence-electron chi connectivity index (χ3n) is 3.96. The van der Waals surface area contributed by atoms with Crippen molar-refractivity contribution in [2.24, 2.45) is 0 Å². The van der Waals surface area contributed by atoms with Crippen LogP contribution >= 0.6 is 11.3 Å². The monoisotopic (exact) mass is 324 g/mol. The molecule has 0 aliphatic heterocycles. The van der Waals surface area contributed by atoms with Crippen molar-refractivity contribution >= 4 is 26.5 Å². The Hall–Kier alpha value is -2.21. The molecule has 2 aromatic carbocycles. The van der Waals surface area contributed by atoms with Gasteiger partial charge in [0.25, 0.3) is 0 Å². The van der Waals surface area contributed by atoms with Crippen LogP contribution in [0.2, 0.25) is 0 Å². The van der Waals surface area contributed by atoms with E-state index in [-0.39, 0.29) is 6.61 Å². The first-order valence-corrected chi connectivity index (χ1v) is 8.20. The lowest BCUT2D eigenvalue weighted by molar-refractivity contribution is 0.181. The van der Waals surface area contributed by atoms with Crippen molar-refractivity contribution in [3.8, 4) is 11.3 Å². The van der Waals surface area contributed by atoms with Gasteiger partial charge in [0, 0.05) is 18.9 Å².